The fourth-order valence-corrected chi connectivity index (χ4v) is 1.02. The molecule has 0 saturated heterocycles. The van der Waals surface area contributed by atoms with Crippen molar-refractivity contribution >= 4 is 0 Å². The van der Waals surface area contributed by atoms with Crippen molar-refractivity contribution < 1.29 is 4.39 Å². The van der Waals surface area contributed by atoms with Gasteiger partial charge in [-0.3, -0.25) is 0 Å². The highest BCUT2D eigenvalue weighted by molar-refractivity contribution is 5.26. The summed E-state index contributed by atoms with van der Waals surface area (Å²) in [5.74, 6) is -0.166. The van der Waals surface area contributed by atoms with Crippen LogP contribution in [0.15, 0.2) is 18.2 Å². The lowest BCUT2D eigenvalue weighted by atomic mass is 10.1. The molecule has 1 aromatic rings. The van der Waals surface area contributed by atoms with E-state index in [1.807, 2.05) is 14.0 Å². The zero-order valence-corrected chi connectivity index (χ0v) is 6.82. The molecule has 0 bridgehead atoms. The topological polar surface area (TPSA) is 12.0 Å². The van der Waals surface area contributed by atoms with Crippen molar-refractivity contribution in [3.05, 3.63) is 35.1 Å². The molecule has 0 aliphatic heterocycles. The third-order valence-corrected chi connectivity index (χ3v) is 1.68. The van der Waals surface area contributed by atoms with E-state index in [0.717, 1.165) is 17.7 Å². The van der Waals surface area contributed by atoms with Crippen molar-refractivity contribution in [1.82, 2.24) is 5.32 Å². The Labute approximate surface area is 66.2 Å². The van der Waals surface area contributed by atoms with Crippen LogP contribution < -0.4 is 5.32 Å². The van der Waals surface area contributed by atoms with Crippen molar-refractivity contribution in [3.8, 4) is 0 Å². The van der Waals surface area contributed by atoms with Gasteiger partial charge in [-0.25, -0.2) is 4.39 Å². The first-order chi connectivity index (χ1) is 5.24. The largest absolute Gasteiger partial charge is 0.316 e. The van der Waals surface area contributed by atoms with Gasteiger partial charge < -0.3 is 5.32 Å². The Morgan fingerprint density at radius 1 is 1.45 bits per heavy atom. The fraction of sp³-hybridized carbons (Fsp3) is 0.333. The summed E-state index contributed by atoms with van der Waals surface area (Å²) in [5.41, 5.74) is 2.15. The Morgan fingerprint density at radius 3 is 2.82 bits per heavy atom. The molecule has 0 aliphatic carbocycles. The SMILES string of the molecule is CNCc1cc(F)ccc1C. The molecule has 0 unspecified atom stereocenters. The standard InChI is InChI=1S/C9H12FN/c1-7-3-4-9(10)5-8(7)6-11-2/h3-5,11H,6H2,1-2H3. The van der Waals surface area contributed by atoms with Crippen LogP contribution in [0.3, 0.4) is 0 Å². The Bertz CT molecular complexity index is 245. The van der Waals surface area contributed by atoms with Crippen LogP contribution in [0, 0.1) is 12.7 Å². The third kappa shape index (κ3) is 2.02. The molecule has 60 valence electrons. The number of halogens is 1. The van der Waals surface area contributed by atoms with Gasteiger partial charge in [0.2, 0.25) is 0 Å². The first kappa shape index (κ1) is 8.21. The predicted molar refractivity (Wildman–Crippen MR) is 43.9 cm³/mol. The Kier molecular flexibility index (Phi) is 2.60. The molecule has 0 atom stereocenters. The Hall–Kier alpha value is -0.890. The molecule has 0 aliphatic rings. The van der Waals surface area contributed by atoms with Gasteiger partial charge in [0, 0.05) is 6.54 Å². The summed E-state index contributed by atoms with van der Waals surface area (Å²) in [6.45, 7) is 2.70. The van der Waals surface area contributed by atoms with E-state index in [4.69, 9.17) is 0 Å². The van der Waals surface area contributed by atoms with Crippen LogP contribution in [0.25, 0.3) is 0 Å². The summed E-state index contributed by atoms with van der Waals surface area (Å²) in [6.07, 6.45) is 0. The molecule has 11 heavy (non-hydrogen) atoms. The van der Waals surface area contributed by atoms with E-state index in [9.17, 15) is 4.39 Å². The smallest absolute Gasteiger partial charge is 0.123 e. The molecule has 0 aromatic heterocycles. The van der Waals surface area contributed by atoms with Crippen LogP contribution in [-0.2, 0) is 6.54 Å². The number of rotatable bonds is 2. The summed E-state index contributed by atoms with van der Waals surface area (Å²) >= 11 is 0. The maximum absolute atomic E-state index is 12.6. The highest BCUT2D eigenvalue weighted by atomic mass is 19.1. The molecule has 0 saturated carbocycles. The van der Waals surface area contributed by atoms with Crippen LogP contribution in [0.4, 0.5) is 4.39 Å². The molecule has 0 spiro atoms. The molecule has 1 rings (SSSR count). The summed E-state index contributed by atoms with van der Waals surface area (Å²) in [5, 5.41) is 2.99. The zero-order valence-electron chi connectivity index (χ0n) is 6.82. The predicted octanol–water partition coefficient (Wildman–Crippen LogP) is 1.85. The molecule has 0 amide bonds. The van der Waals surface area contributed by atoms with Crippen molar-refractivity contribution in [2.24, 2.45) is 0 Å². The molecule has 1 aromatic carbocycles. The molecule has 1 nitrogen and oxygen atoms in total. The van der Waals surface area contributed by atoms with E-state index in [1.165, 1.54) is 6.07 Å². The van der Waals surface area contributed by atoms with E-state index >= 15 is 0 Å². The van der Waals surface area contributed by atoms with Gasteiger partial charge in [0.05, 0.1) is 0 Å². The van der Waals surface area contributed by atoms with Crippen molar-refractivity contribution in [2.45, 2.75) is 13.5 Å². The van der Waals surface area contributed by atoms with Gasteiger partial charge in [-0.2, -0.15) is 0 Å². The summed E-state index contributed by atoms with van der Waals surface area (Å²) in [4.78, 5) is 0. The number of benzene rings is 1. The first-order valence-electron chi connectivity index (χ1n) is 3.63. The monoisotopic (exact) mass is 153 g/mol. The van der Waals surface area contributed by atoms with Crippen LogP contribution in [0.1, 0.15) is 11.1 Å². The zero-order chi connectivity index (χ0) is 8.27. The molecular weight excluding hydrogens is 141 g/mol. The van der Waals surface area contributed by atoms with E-state index in [0.29, 0.717) is 0 Å². The molecule has 1 N–H and O–H groups in total. The van der Waals surface area contributed by atoms with Gasteiger partial charge in [0.25, 0.3) is 0 Å². The maximum atomic E-state index is 12.6. The quantitative estimate of drug-likeness (QED) is 0.683. The number of hydrogen-bond donors (Lipinski definition) is 1. The van der Waals surface area contributed by atoms with Gasteiger partial charge in [-0.05, 0) is 37.2 Å². The van der Waals surface area contributed by atoms with Crippen LogP contribution in [-0.4, -0.2) is 7.05 Å². The summed E-state index contributed by atoms with van der Waals surface area (Å²) in [6, 6.07) is 4.84. The van der Waals surface area contributed by atoms with E-state index in [1.54, 1.807) is 12.1 Å². The minimum atomic E-state index is -0.166. The molecule has 0 radical (unpaired) electrons. The number of aryl methyl sites for hydroxylation is 1. The summed E-state index contributed by atoms with van der Waals surface area (Å²) < 4.78 is 12.6. The molecule has 0 fully saturated rings. The molecule has 0 heterocycles. The van der Waals surface area contributed by atoms with Gasteiger partial charge in [0.1, 0.15) is 5.82 Å². The van der Waals surface area contributed by atoms with E-state index in [-0.39, 0.29) is 5.82 Å². The highest BCUT2D eigenvalue weighted by Gasteiger charge is 1.97. The Balaban J connectivity index is 2.93. The second-order valence-corrected chi connectivity index (χ2v) is 2.60. The molecule has 2 heteroatoms. The minimum absolute atomic E-state index is 0.166. The van der Waals surface area contributed by atoms with Crippen LogP contribution in [0.5, 0.6) is 0 Å². The van der Waals surface area contributed by atoms with Gasteiger partial charge in [-0.15, -0.1) is 0 Å². The first-order valence-corrected chi connectivity index (χ1v) is 3.63. The van der Waals surface area contributed by atoms with Crippen molar-refractivity contribution in [3.63, 3.8) is 0 Å². The van der Waals surface area contributed by atoms with Crippen molar-refractivity contribution in [1.29, 1.82) is 0 Å². The van der Waals surface area contributed by atoms with Crippen LogP contribution in [0.2, 0.25) is 0 Å². The van der Waals surface area contributed by atoms with E-state index < -0.39 is 0 Å². The third-order valence-electron chi connectivity index (χ3n) is 1.68. The second-order valence-electron chi connectivity index (χ2n) is 2.60. The highest BCUT2D eigenvalue weighted by Crippen LogP contribution is 2.09. The average Bonchev–Trinajstić information content (AvgIpc) is 1.98. The van der Waals surface area contributed by atoms with Gasteiger partial charge in [0.15, 0.2) is 0 Å². The summed E-state index contributed by atoms with van der Waals surface area (Å²) in [7, 11) is 1.85. The number of nitrogens with one attached hydrogen (secondary N) is 1. The fourth-order valence-electron chi connectivity index (χ4n) is 1.02. The lowest BCUT2D eigenvalue weighted by Crippen LogP contribution is -2.06. The van der Waals surface area contributed by atoms with Crippen molar-refractivity contribution in [2.75, 3.05) is 7.05 Å². The van der Waals surface area contributed by atoms with Gasteiger partial charge >= 0.3 is 0 Å². The number of hydrogen-bond acceptors (Lipinski definition) is 1. The minimum Gasteiger partial charge on any atom is -0.316 e. The van der Waals surface area contributed by atoms with Gasteiger partial charge in [-0.1, -0.05) is 6.07 Å². The average molecular weight is 153 g/mol. The molecular formula is C9H12FN. The van der Waals surface area contributed by atoms with Crippen LogP contribution >= 0.6 is 0 Å². The maximum Gasteiger partial charge on any atom is 0.123 e. The second kappa shape index (κ2) is 3.49. The lowest BCUT2D eigenvalue weighted by molar-refractivity contribution is 0.623. The normalized spacial score (nSPS) is 10.1. The Morgan fingerprint density at radius 2 is 2.18 bits per heavy atom. The van der Waals surface area contributed by atoms with E-state index in [2.05, 4.69) is 5.32 Å². The lowest BCUT2D eigenvalue weighted by Gasteiger charge is -2.03.